The molecule has 3 aromatic rings. The van der Waals surface area contributed by atoms with E-state index in [1.165, 1.54) is 12.5 Å². The van der Waals surface area contributed by atoms with Crippen molar-refractivity contribution in [2.75, 3.05) is 29.1 Å². The minimum atomic E-state index is -0.154. The predicted molar refractivity (Wildman–Crippen MR) is 120 cm³/mol. The van der Waals surface area contributed by atoms with Gasteiger partial charge in [-0.1, -0.05) is 30.3 Å². The van der Waals surface area contributed by atoms with Crippen molar-refractivity contribution in [2.24, 2.45) is 0 Å². The summed E-state index contributed by atoms with van der Waals surface area (Å²) in [5.41, 5.74) is 3.45. The Bertz CT molecular complexity index is 955. The zero-order valence-corrected chi connectivity index (χ0v) is 16.9. The van der Waals surface area contributed by atoms with Gasteiger partial charge in [-0.15, -0.1) is 0 Å². The van der Waals surface area contributed by atoms with Crippen molar-refractivity contribution in [3.8, 4) is 5.75 Å². The van der Waals surface area contributed by atoms with Gasteiger partial charge in [-0.25, -0.2) is 0 Å². The monoisotopic (exact) mass is 403 g/mol. The van der Waals surface area contributed by atoms with Gasteiger partial charge >= 0.3 is 0 Å². The van der Waals surface area contributed by atoms with Crippen LogP contribution in [0.1, 0.15) is 12.5 Å². The van der Waals surface area contributed by atoms with E-state index < -0.39 is 0 Å². The summed E-state index contributed by atoms with van der Waals surface area (Å²) in [5.74, 6) is 0.489. The molecule has 2 amide bonds. The highest BCUT2D eigenvalue weighted by molar-refractivity contribution is 5.94. The summed E-state index contributed by atoms with van der Waals surface area (Å²) < 4.78 is 5.76. The molecule has 154 valence electrons. The summed E-state index contributed by atoms with van der Waals surface area (Å²) in [4.78, 5) is 23.2. The van der Waals surface area contributed by atoms with Crippen LogP contribution in [0.5, 0.6) is 5.75 Å². The van der Waals surface area contributed by atoms with Crippen molar-refractivity contribution >= 4 is 28.9 Å². The van der Waals surface area contributed by atoms with E-state index in [4.69, 9.17) is 4.74 Å². The quantitative estimate of drug-likeness (QED) is 0.497. The third kappa shape index (κ3) is 6.98. The molecule has 0 heterocycles. The van der Waals surface area contributed by atoms with Crippen LogP contribution in [0.2, 0.25) is 0 Å². The minimum Gasteiger partial charge on any atom is -0.493 e. The van der Waals surface area contributed by atoms with Gasteiger partial charge in [0.25, 0.3) is 0 Å². The molecular formula is C24H25N3O3. The number of rotatable bonds is 9. The lowest BCUT2D eigenvalue weighted by Crippen LogP contribution is -2.21. The largest absolute Gasteiger partial charge is 0.493 e. The summed E-state index contributed by atoms with van der Waals surface area (Å²) in [5, 5.41) is 8.59. The number of nitrogens with one attached hydrogen (secondary N) is 3. The van der Waals surface area contributed by atoms with E-state index in [1.807, 2.05) is 42.5 Å². The van der Waals surface area contributed by atoms with Gasteiger partial charge < -0.3 is 20.7 Å². The maximum absolute atomic E-state index is 12.2. The molecule has 0 aliphatic carbocycles. The molecule has 0 aliphatic rings. The van der Waals surface area contributed by atoms with Gasteiger partial charge in [0, 0.05) is 30.4 Å². The first-order chi connectivity index (χ1) is 14.6. The SMILES string of the molecule is CC(=O)Nc1ccc(NCC(=O)Nc2ccc(OCCc3ccccc3)cc2)cc1. The molecule has 0 fully saturated rings. The molecule has 0 aliphatic heterocycles. The van der Waals surface area contributed by atoms with Crippen molar-refractivity contribution in [3.05, 3.63) is 84.4 Å². The van der Waals surface area contributed by atoms with Crippen LogP contribution < -0.4 is 20.7 Å². The highest BCUT2D eigenvalue weighted by Crippen LogP contribution is 2.17. The van der Waals surface area contributed by atoms with Crippen LogP contribution in [0.3, 0.4) is 0 Å². The molecule has 30 heavy (non-hydrogen) atoms. The predicted octanol–water partition coefficient (Wildman–Crippen LogP) is 4.32. The van der Waals surface area contributed by atoms with E-state index in [2.05, 4.69) is 28.1 Å². The molecular weight excluding hydrogens is 378 g/mol. The molecule has 0 saturated carbocycles. The summed E-state index contributed by atoms with van der Waals surface area (Å²) in [6.45, 7) is 2.19. The standard InChI is InChI=1S/C24H25N3O3/c1-18(28)26-21-9-7-20(8-10-21)25-17-24(29)27-22-11-13-23(14-12-22)30-16-15-19-5-3-2-4-6-19/h2-14,25H,15-17H2,1H3,(H,26,28)(H,27,29). The van der Waals surface area contributed by atoms with Crippen molar-refractivity contribution in [2.45, 2.75) is 13.3 Å². The maximum atomic E-state index is 12.2. The molecule has 0 saturated heterocycles. The van der Waals surface area contributed by atoms with Gasteiger partial charge in [-0.3, -0.25) is 9.59 Å². The fraction of sp³-hybridized carbons (Fsp3) is 0.167. The van der Waals surface area contributed by atoms with Crippen LogP contribution in [0, 0.1) is 0 Å². The highest BCUT2D eigenvalue weighted by Gasteiger charge is 2.04. The van der Waals surface area contributed by atoms with Crippen LogP contribution in [0.25, 0.3) is 0 Å². The Morgan fingerprint density at radius 2 is 1.37 bits per heavy atom. The van der Waals surface area contributed by atoms with E-state index in [1.54, 1.807) is 24.3 Å². The third-order valence-electron chi connectivity index (χ3n) is 4.30. The summed E-state index contributed by atoms with van der Waals surface area (Å²) in [6.07, 6.45) is 0.844. The molecule has 3 N–H and O–H groups in total. The van der Waals surface area contributed by atoms with Gasteiger partial charge in [0.15, 0.2) is 0 Å². The van der Waals surface area contributed by atoms with Crippen LogP contribution in [0.4, 0.5) is 17.1 Å². The first-order valence-electron chi connectivity index (χ1n) is 9.77. The average molecular weight is 403 g/mol. The molecule has 0 atom stereocenters. The van der Waals surface area contributed by atoms with Crippen LogP contribution in [-0.2, 0) is 16.0 Å². The smallest absolute Gasteiger partial charge is 0.243 e. The fourth-order valence-corrected chi connectivity index (χ4v) is 2.83. The average Bonchev–Trinajstić information content (AvgIpc) is 2.75. The van der Waals surface area contributed by atoms with Gasteiger partial charge in [-0.05, 0) is 54.1 Å². The van der Waals surface area contributed by atoms with Crippen molar-refractivity contribution in [1.82, 2.24) is 0 Å². The number of carbonyl (C=O) groups excluding carboxylic acids is 2. The molecule has 0 unspecified atom stereocenters. The van der Waals surface area contributed by atoms with E-state index in [9.17, 15) is 9.59 Å². The summed E-state index contributed by atoms with van der Waals surface area (Å²) in [7, 11) is 0. The lowest BCUT2D eigenvalue weighted by molar-refractivity contribution is -0.115. The van der Waals surface area contributed by atoms with E-state index in [0.717, 1.165) is 17.9 Å². The second-order valence-electron chi connectivity index (χ2n) is 6.77. The highest BCUT2D eigenvalue weighted by atomic mass is 16.5. The van der Waals surface area contributed by atoms with Crippen molar-refractivity contribution in [1.29, 1.82) is 0 Å². The topological polar surface area (TPSA) is 79.5 Å². The molecule has 0 bridgehead atoms. The maximum Gasteiger partial charge on any atom is 0.243 e. The van der Waals surface area contributed by atoms with Gasteiger partial charge in [0.1, 0.15) is 5.75 Å². The molecule has 6 heteroatoms. The van der Waals surface area contributed by atoms with Crippen LogP contribution >= 0.6 is 0 Å². The Labute approximate surface area is 176 Å². The number of amides is 2. The molecule has 6 nitrogen and oxygen atoms in total. The zero-order valence-electron chi connectivity index (χ0n) is 16.9. The summed E-state index contributed by atoms with van der Waals surface area (Å²) >= 11 is 0. The second kappa shape index (κ2) is 10.7. The first-order valence-corrected chi connectivity index (χ1v) is 9.77. The summed E-state index contributed by atoms with van der Waals surface area (Å²) in [6, 6.07) is 24.7. The van der Waals surface area contributed by atoms with Crippen LogP contribution in [0.15, 0.2) is 78.9 Å². The molecule has 0 aromatic heterocycles. The minimum absolute atomic E-state index is 0.123. The number of ether oxygens (including phenoxy) is 1. The lowest BCUT2D eigenvalue weighted by Gasteiger charge is -2.10. The Morgan fingerprint density at radius 1 is 0.767 bits per heavy atom. The van der Waals surface area contributed by atoms with Gasteiger partial charge in [0.05, 0.1) is 13.2 Å². The van der Waals surface area contributed by atoms with Gasteiger partial charge in [-0.2, -0.15) is 0 Å². The second-order valence-corrected chi connectivity index (χ2v) is 6.77. The van der Waals surface area contributed by atoms with Gasteiger partial charge in [0.2, 0.25) is 11.8 Å². The number of hydrogen-bond donors (Lipinski definition) is 3. The van der Waals surface area contributed by atoms with E-state index in [-0.39, 0.29) is 18.4 Å². The normalized spacial score (nSPS) is 10.2. The van der Waals surface area contributed by atoms with Crippen LogP contribution in [-0.4, -0.2) is 25.0 Å². The number of carbonyl (C=O) groups is 2. The fourth-order valence-electron chi connectivity index (χ4n) is 2.83. The number of benzene rings is 3. The molecule has 3 rings (SSSR count). The molecule has 0 radical (unpaired) electrons. The molecule has 3 aromatic carbocycles. The Hall–Kier alpha value is -3.80. The Balaban J connectivity index is 1.40. The Kier molecular flexibility index (Phi) is 7.44. The lowest BCUT2D eigenvalue weighted by atomic mass is 10.2. The van der Waals surface area contributed by atoms with E-state index in [0.29, 0.717) is 18.0 Å². The third-order valence-corrected chi connectivity index (χ3v) is 4.30. The molecule has 0 spiro atoms. The Morgan fingerprint density at radius 3 is 2.03 bits per heavy atom. The first kappa shape index (κ1) is 20.9. The van der Waals surface area contributed by atoms with E-state index >= 15 is 0 Å². The van der Waals surface area contributed by atoms with Crippen molar-refractivity contribution < 1.29 is 14.3 Å². The zero-order chi connectivity index (χ0) is 21.2. The number of anilines is 3. The number of hydrogen-bond acceptors (Lipinski definition) is 4. The van der Waals surface area contributed by atoms with Crippen molar-refractivity contribution in [3.63, 3.8) is 0 Å².